The number of methoxy groups -OCH3 is 1. The molecule has 0 amide bonds. The summed E-state index contributed by atoms with van der Waals surface area (Å²) in [6, 6.07) is 0. The molecule has 1 aliphatic heterocycles. The lowest BCUT2D eigenvalue weighted by atomic mass is 9.93. The zero-order valence-corrected chi connectivity index (χ0v) is 7.84. The van der Waals surface area contributed by atoms with Crippen molar-refractivity contribution in [2.45, 2.75) is 24.8 Å². The van der Waals surface area contributed by atoms with Crippen LogP contribution in [0.2, 0.25) is 0 Å². The molecule has 1 spiro atoms. The molecule has 0 aromatic carbocycles. The van der Waals surface area contributed by atoms with Gasteiger partial charge in [0.05, 0.1) is 13.7 Å². The van der Waals surface area contributed by atoms with Crippen molar-refractivity contribution < 1.29 is 14.3 Å². The predicted octanol–water partition coefficient (Wildman–Crippen LogP) is 0.0574. The smallest absolute Gasteiger partial charge is 0.326 e. The van der Waals surface area contributed by atoms with Crippen LogP contribution in [-0.2, 0) is 14.3 Å². The quantitative estimate of drug-likeness (QED) is 0.587. The second-order valence-electron chi connectivity index (χ2n) is 4.08. The maximum absolute atomic E-state index is 11.4. The van der Waals surface area contributed by atoms with Crippen LogP contribution in [-0.4, -0.2) is 31.8 Å². The van der Waals surface area contributed by atoms with E-state index in [0.29, 0.717) is 13.0 Å². The van der Waals surface area contributed by atoms with Gasteiger partial charge >= 0.3 is 5.97 Å². The molecule has 1 aliphatic carbocycles. The van der Waals surface area contributed by atoms with Gasteiger partial charge in [-0.05, 0) is 19.3 Å². The van der Waals surface area contributed by atoms with Crippen LogP contribution >= 0.6 is 0 Å². The first-order valence-corrected chi connectivity index (χ1v) is 4.60. The lowest BCUT2D eigenvalue weighted by Gasteiger charge is -2.25. The molecule has 0 radical (unpaired) electrons. The number of nitrogens with two attached hydrogens (primary N) is 1. The lowest BCUT2D eigenvalue weighted by molar-refractivity contribution is -0.145. The second-order valence-corrected chi connectivity index (χ2v) is 4.08. The minimum Gasteiger partial charge on any atom is -0.468 e. The zero-order chi connectivity index (χ0) is 9.53. The molecule has 2 fully saturated rings. The van der Waals surface area contributed by atoms with Crippen molar-refractivity contribution in [2.24, 2.45) is 11.1 Å². The van der Waals surface area contributed by atoms with Gasteiger partial charge in [-0.15, -0.1) is 0 Å². The summed E-state index contributed by atoms with van der Waals surface area (Å²) in [5, 5.41) is 0. The van der Waals surface area contributed by atoms with Crippen LogP contribution < -0.4 is 5.73 Å². The van der Waals surface area contributed by atoms with E-state index in [4.69, 9.17) is 10.5 Å². The Morgan fingerprint density at radius 2 is 2.38 bits per heavy atom. The molecule has 2 N–H and O–H groups in total. The number of rotatable bonds is 1. The largest absolute Gasteiger partial charge is 0.468 e. The molecular formula is C9H15NO3. The van der Waals surface area contributed by atoms with Crippen molar-refractivity contribution in [3.63, 3.8) is 0 Å². The van der Waals surface area contributed by atoms with Gasteiger partial charge in [0, 0.05) is 12.0 Å². The highest BCUT2D eigenvalue weighted by Crippen LogP contribution is 2.59. The minimum absolute atomic E-state index is 0.113. The first-order valence-electron chi connectivity index (χ1n) is 4.60. The summed E-state index contributed by atoms with van der Waals surface area (Å²) in [6.45, 7) is 1.40. The van der Waals surface area contributed by atoms with Crippen LogP contribution in [0, 0.1) is 5.41 Å². The molecule has 2 atom stereocenters. The van der Waals surface area contributed by atoms with E-state index < -0.39 is 5.54 Å². The molecule has 0 aromatic rings. The summed E-state index contributed by atoms with van der Waals surface area (Å²) in [5.74, 6) is -0.294. The summed E-state index contributed by atoms with van der Waals surface area (Å²) < 4.78 is 10.0. The Balaban J connectivity index is 2.09. The van der Waals surface area contributed by atoms with E-state index in [2.05, 4.69) is 4.74 Å². The van der Waals surface area contributed by atoms with Gasteiger partial charge in [0.2, 0.25) is 0 Å². The third-order valence-corrected chi connectivity index (χ3v) is 3.31. The summed E-state index contributed by atoms with van der Waals surface area (Å²) in [4.78, 5) is 11.4. The van der Waals surface area contributed by atoms with Crippen molar-refractivity contribution in [2.75, 3.05) is 20.3 Å². The molecule has 1 saturated heterocycles. The molecule has 13 heavy (non-hydrogen) atoms. The van der Waals surface area contributed by atoms with Gasteiger partial charge in [0.1, 0.15) is 5.54 Å². The molecule has 4 heteroatoms. The highest BCUT2D eigenvalue weighted by molar-refractivity contribution is 5.86. The van der Waals surface area contributed by atoms with E-state index in [9.17, 15) is 4.79 Å². The first kappa shape index (κ1) is 8.97. The SMILES string of the molecule is COC(=O)[C@]1(N)C[C@]12CCCOC2. The molecule has 2 rings (SSSR count). The fourth-order valence-electron chi connectivity index (χ4n) is 2.30. The van der Waals surface area contributed by atoms with Crippen molar-refractivity contribution in [3.05, 3.63) is 0 Å². The molecule has 74 valence electrons. The number of carbonyl (C=O) groups excluding carboxylic acids is 1. The first-order chi connectivity index (χ1) is 6.15. The van der Waals surface area contributed by atoms with Crippen molar-refractivity contribution in [3.8, 4) is 0 Å². The van der Waals surface area contributed by atoms with Gasteiger partial charge in [0.15, 0.2) is 0 Å². The van der Waals surface area contributed by atoms with Crippen LogP contribution in [0.15, 0.2) is 0 Å². The van der Waals surface area contributed by atoms with Gasteiger partial charge in [0.25, 0.3) is 0 Å². The number of ether oxygens (including phenoxy) is 2. The fourth-order valence-corrected chi connectivity index (χ4v) is 2.30. The maximum Gasteiger partial charge on any atom is 0.326 e. The van der Waals surface area contributed by atoms with Crippen LogP contribution in [0.4, 0.5) is 0 Å². The van der Waals surface area contributed by atoms with E-state index in [1.54, 1.807) is 0 Å². The average Bonchev–Trinajstić information content (AvgIpc) is 2.72. The lowest BCUT2D eigenvalue weighted by Crippen LogP contribution is -2.43. The predicted molar refractivity (Wildman–Crippen MR) is 46.0 cm³/mol. The van der Waals surface area contributed by atoms with E-state index in [1.165, 1.54) is 7.11 Å². The molecule has 0 unspecified atom stereocenters. The second kappa shape index (κ2) is 2.69. The monoisotopic (exact) mass is 185 g/mol. The average molecular weight is 185 g/mol. The number of carbonyl (C=O) groups is 1. The number of esters is 1. The fraction of sp³-hybridized carbons (Fsp3) is 0.889. The maximum atomic E-state index is 11.4. The Hall–Kier alpha value is -0.610. The Bertz CT molecular complexity index is 235. The Kier molecular flexibility index (Phi) is 1.85. The normalized spacial score (nSPS) is 43.2. The van der Waals surface area contributed by atoms with Gasteiger partial charge in [-0.25, -0.2) is 0 Å². The Morgan fingerprint density at radius 3 is 2.92 bits per heavy atom. The minimum atomic E-state index is -0.762. The summed E-state index contributed by atoms with van der Waals surface area (Å²) in [5.41, 5.74) is 5.08. The standard InChI is InChI=1S/C9H15NO3/c1-12-7(11)9(10)5-8(9)3-2-4-13-6-8/h2-6,10H2,1H3/t8-,9+/m0/s1. The van der Waals surface area contributed by atoms with Crippen molar-refractivity contribution >= 4 is 5.97 Å². The van der Waals surface area contributed by atoms with Crippen LogP contribution in [0.25, 0.3) is 0 Å². The Labute approximate surface area is 77.4 Å². The van der Waals surface area contributed by atoms with E-state index in [1.807, 2.05) is 0 Å². The topological polar surface area (TPSA) is 61.5 Å². The molecule has 0 bridgehead atoms. The molecule has 1 heterocycles. The third kappa shape index (κ3) is 1.09. The van der Waals surface area contributed by atoms with E-state index in [-0.39, 0.29) is 11.4 Å². The van der Waals surface area contributed by atoms with Crippen LogP contribution in [0.1, 0.15) is 19.3 Å². The highest BCUT2D eigenvalue weighted by atomic mass is 16.5. The van der Waals surface area contributed by atoms with Gasteiger partial charge in [-0.1, -0.05) is 0 Å². The van der Waals surface area contributed by atoms with Crippen molar-refractivity contribution in [1.82, 2.24) is 0 Å². The highest BCUT2D eigenvalue weighted by Gasteiger charge is 2.70. The van der Waals surface area contributed by atoms with Crippen LogP contribution in [0.3, 0.4) is 0 Å². The van der Waals surface area contributed by atoms with Crippen LogP contribution in [0.5, 0.6) is 0 Å². The summed E-state index contributed by atoms with van der Waals surface area (Å²) >= 11 is 0. The van der Waals surface area contributed by atoms with Gasteiger partial charge < -0.3 is 15.2 Å². The van der Waals surface area contributed by atoms with Gasteiger partial charge in [-0.2, -0.15) is 0 Å². The number of hydrogen-bond donors (Lipinski definition) is 1. The molecule has 0 aromatic heterocycles. The summed E-state index contributed by atoms with van der Waals surface area (Å²) in [6.07, 6.45) is 2.70. The molecule has 1 saturated carbocycles. The van der Waals surface area contributed by atoms with E-state index in [0.717, 1.165) is 19.4 Å². The molecular weight excluding hydrogens is 170 g/mol. The Morgan fingerprint density at radius 1 is 1.62 bits per heavy atom. The van der Waals surface area contributed by atoms with Gasteiger partial charge in [-0.3, -0.25) is 4.79 Å². The summed E-state index contributed by atoms with van der Waals surface area (Å²) in [7, 11) is 1.38. The van der Waals surface area contributed by atoms with Crippen molar-refractivity contribution in [1.29, 1.82) is 0 Å². The number of hydrogen-bond acceptors (Lipinski definition) is 4. The molecule has 4 nitrogen and oxygen atoms in total. The van der Waals surface area contributed by atoms with E-state index >= 15 is 0 Å². The molecule has 2 aliphatic rings. The zero-order valence-electron chi connectivity index (χ0n) is 7.84. The third-order valence-electron chi connectivity index (χ3n) is 3.31.